The number of anilines is 1. The zero-order chi connectivity index (χ0) is 16.8. The summed E-state index contributed by atoms with van der Waals surface area (Å²) in [4.78, 5) is 0. The highest BCUT2D eigenvalue weighted by molar-refractivity contribution is 7.80. The first kappa shape index (κ1) is 16.8. The lowest BCUT2D eigenvalue weighted by Crippen LogP contribution is -2.24. The average molecular weight is 335 g/mol. The van der Waals surface area contributed by atoms with Crippen LogP contribution in [0.2, 0.25) is 0 Å². The molecule has 7 heteroatoms. The highest BCUT2D eigenvalue weighted by atomic mass is 32.1. The van der Waals surface area contributed by atoms with Gasteiger partial charge in [-0.3, -0.25) is 5.43 Å². The predicted molar refractivity (Wildman–Crippen MR) is 90.9 cm³/mol. The maximum atomic E-state index is 13.2. The molecule has 0 aromatic heterocycles. The summed E-state index contributed by atoms with van der Waals surface area (Å²) in [5, 5.41) is 7.26. The number of rotatable bonds is 4. The van der Waals surface area contributed by atoms with Crippen LogP contribution in [0.4, 0.5) is 14.5 Å². The summed E-state index contributed by atoms with van der Waals surface area (Å²) in [6, 6.07) is 10.8. The third-order valence-corrected chi connectivity index (χ3v) is 3.20. The molecule has 2 rings (SSSR count). The fraction of sp³-hybridized carbons (Fsp3) is 0.125. The zero-order valence-corrected chi connectivity index (χ0v) is 13.4. The Bertz CT molecular complexity index is 733. The minimum absolute atomic E-state index is 0.275. The number of nitrogens with zero attached hydrogens (tertiary/aromatic N) is 1. The molecule has 0 saturated carbocycles. The van der Waals surface area contributed by atoms with Crippen molar-refractivity contribution in [3.05, 3.63) is 59.7 Å². The summed E-state index contributed by atoms with van der Waals surface area (Å²) in [6.07, 6.45) is 0. The van der Waals surface area contributed by atoms with Crippen molar-refractivity contribution in [3.8, 4) is 5.75 Å². The monoisotopic (exact) mass is 335 g/mol. The molecule has 2 aromatic carbocycles. The van der Waals surface area contributed by atoms with Crippen LogP contribution in [0, 0.1) is 11.6 Å². The Balaban J connectivity index is 1.97. The van der Waals surface area contributed by atoms with Crippen LogP contribution in [0.1, 0.15) is 12.5 Å². The van der Waals surface area contributed by atoms with Crippen molar-refractivity contribution in [2.24, 2.45) is 5.10 Å². The van der Waals surface area contributed by atoms with Crippen LogP contribution in [0.5, 0.6) is 5.75 Å². The van der Waals surface area contributed by atoms with Crippen LogP contribution < -0.4 is 15.5 Å². The Morgan fingerprint density at radius 2 is 1.78 bits per heavy atom. The molecule has 0 spiro atoms. The lowest BCUT2D eigenvalue weighted by molar-refractivity contribution is 0.415. The van der Waals surface area contributed by atoms with Gasteiger partial charge in [-0.25, -0.2) is 8.78 Å². The highest BCUT2D eigenvalue weighted by Gasteiger charge is 2.05. The van der Waals surface area contributed by atoms with Gasteiger partial charge in [0, 0.05) is 11.3 Å². The van der Waals surface area contributed by atoms with E-state index in [0.29, 0.717) is 11.3 Å². The molecule has 2 aromatic rings. The molecule has 0 radical (unpaired) electrons. The first-order chi connectivity index (χ1) is 11.0. The molecule has 0 amide bonds. The van der Waals surface area contributed by atoms with Gasteiger partial charge in [-0.05, 0) is 61.6 Å². The van der Waals surface area contributed by atoms with Gasteiger partial charge in [-0.15, -0.1) is 0 Å². The van der Waals surface area contributed by atoms with Gasteiger partial charge in [0.1, 0.15) is 5.75 Å². The van der Waals surface area contributed by atoms with E-state index in [1.54, 1.807) is 38.3 Å². The van der Waals surface area contributed by atoms with E-state index in [9.17, 15) is 8.78 Å². The number of ether oxygens (including phenoxy) is 1. The van der Waals surface area contributed by atoms with Crippen molar-refractivity contribution in [1.29, 1.82) is 0 Å². The smallest absolute Gasteiger partial charge is 0.191 e. The molecule has 0 heterocycles. The van der Waals surface area contributed by atoms with Gasteiger partial charge in [0.2, 0.25) is 0 Å². The van der Waals surface area contributed by atoms with Crippen molar-refractivity contribution in [2.75, 3.05) is 12.4 Å². The molecule has 4 nitrogen and oxygen atoms in total. The fourth-order valence-electron chi connectivity index (χ4n) is 1.75. The number of benzene rings is 2. The quantitative estimate of drug-likeness (QED) is 0.508. The maximum Gasteiger partial charge on any atom is 0.191 e. The van der Waals surface area contributed by atoms with E-state index in [1.165, 1.54) is 6.07 Å². The second-order valence-corrected chi connectivity index (χ2v) is 5.03. The van der Waals surface area contributed by atoms with Gasteiger partial charge in [0.25, 0.3) is 0 Å². The van der Waals surface area contributed by atoms with Gasteiger partial charge in [0.05, 0.1) is 12.8 Å². The summed E-state index contributed by atoms with van der Waals surface area (Å²) in [7, 11) is 1.59. The molecule has 2 N–H and O–H groups in total. The van der Waals surface area contributed by atoms with E-state index in [0.717, 1.165) is 23.6 Å². The van der Waals surface area contributed by atoms with Crippen LogP contribution in [0.15, 0.2) is 47.6 Å². The van der Waals surface area contributed by atoms with Gasteiger partial charge >= 0.3 is 0 Å². The van der Waals surface area contributed by atoms with Crippen molar-refractivity contribution >= 4 is 28.7 Å². The largest absolute Gasteiger partial charge is 0.497 e. The second-order valence-electron chi connectivity index (χ2n) is 4.62. The van der Waals surface area contributed by atoms with E-state index >= 15 is 0 Å². The minimum Gasteiger partial charge on any atom is -0.497 e. The standard InChI is InChI=1S/C16H15F2N3OS/c1-10(11-3-8-14(17)15(18)9-11)20-21-16(23)19-12-4-6-13(22-2)7-5-12/h3-9H,1-2H3,(H2,19,21,23)/b20-10+. The molecule has 23 heavy (non-hydrogen) atoms. The molecule has 0 bridgehead atoms. The maximum absolute atomic E-state index is 13.2. The fourth-order valence-corrected chi connectivity index (χ4v) is 1.92. The number of thiocarbonyl (C=S) groups is 1. The topological polar surface area (TPSA) is 45.6 Å². The number of hydrazone groups is 1. The Kier molecular flexibility index (Phi) is 5.59. The lowest BCUT2D eigenvalue weighted by atomic mass is 10.1. The molecule has 0 saturated heterocycles. The summed E-state index contributed by atoms with van der Waals surface area (Å²) < 4.78 is 31.2. The van der Waals surface area contributed by atoms with E-state index in [4.69, 9.17) is 17.0 Å². The Hall–Kier alpha value is -2.54. The minimum atomic E-state index is -0.920. The third-order valence-electron chi connectivity index (χ3n) is 3.01. The number of hydrogen-bond acceptors (Lipinski definition) is 3. The normalized spacial score (nSPS) is 11.0. The summed E-state index contributed by atoms with van der Waals surface area (Å²) in [5.74, 6) is -1.08. The number of methoxy groups -OCH3 is 1. The zero-order valence-electron chi connectivity index (χ0n) is 12.6. The number of halogens is 2. The number of hydrogen-bond donors (Lipinski definition) is 2. The Labute approximate surface area is 138 Å². The predicted octanol–water partition coefficient (Wildman–Crippen LogP) is 3.68. The first-order valence-corrected chi connectivity index (χ1v) is 7.11. The van der Waals surface area contributed by atoms with E-state index in [-0.39, 0.29) is 5.11 Å². The Morgan fingerprint density at radius 3 is 2.39 bits per heavy atom. The molecule has 0 fully saturated rings. The summed E-state index contributed by atoms with van der Waals surface area (Å²) in [6.45, 7) is 1.66. The van der Waals surface area contributed by atoms with Crippen LogP contribution in [0.25, 0.3) is 0 Å². The third kappa shape index (κ3) is 4.72. The molecular formula is C16H15F2N3OS. The van der Waals surface area contributed by atoms with Crippen molar-refractivity contribution in [1.82, 2.24) is 5.43 Å². The molecule has 0 aliphatic carbocycles. The molecule has 0 atom stereocenters. The van der Waals surface area contributed by atoms with Gasteiger partial charge in [0.15, 0.2) is 16.7 Å². The van der Waals surface area contributed by atoms with Crippen LogP contribution in [-0.4, -0.2) is 17.9 Å². The number of nitrogens with one attached hydrogen (secondary N) is 2. The van der Waals surface area contributed by atoms with Crippen LogP contribution in [0.3, 0.4) is 0 Å². The molecule has 120 valence electrons. The summed E-state index contributed by atoms with van der Waals surface area (Å²) in [5.41, 5.74) is 4.36. The van der Waals surface area contributed by atoms with E-state index in [1.807, 2.05) is 0 Å². The van der Waals surface area contributed by atoms with E-state index < -0.39 is 11.6 Å². The van der Waals surface area contributed by atoms with Crippen molar-refractivity contribution < 1.29 is 13.5 Å². The van der Waals surface area contributed by atoms with E-state index in [2.05, 4.69) is 15.8 Å². The lowest BCUT2D eigenvalue weighted by Gasteiger charge is -2.09. The molecule has 0 unspecified atom stereocenters. The van der Waals surface area contributed by atoms with Crippen molar-refractivity contribution in [3.63, 3.8) is 0 Å². The molecule has 0 aliphatic rings. The van der Waals surface area contributed by atoms with Gasteiger partial charge in [-0.2, -0.15) is 5.10 Å². The highest BCUT2D eigenvalue weighted by Crippen LogP contribution is 2.14. The summed E-state index contributed by atoms with van der Waals surface area (Å²) >= 11 is 5.12. The van der Waals surface area contributed by atoms with Crippen molar-refractivity contribution in [2.45, 2.75) is 6.92 Å². The van der Waals surface area contributed by atoms with Gasteiger partial charge in [-0.1, -0.05) is 0 Å². The molecular weight excluding hydrogens is 320 g/mol. The average Bonchev–Trinajstić information content (AvgIpc) is 2.56. The van der Waals surface area contributed by atoms with Crippen LogP contribution in [-0.2, 0) is 0 Å². The second kappa shape index (κ2) is 7.64. The van der Waals surface area contributed by atoms with Crippen LogP contribution >= 0.6 is 12.2 Å². The SMILES string of the molecule is COc1ccc(NC(=S)N/N=C(\C)c2ccc(F)c(F)c2)cc1. The first-order valence-electron chi connectivity index (χ1n) is 6.70. The molecule has 0 aliphatic heterocycles. The van der Waals surface area contributed by atoms with Gasteiger partial charge < -0.3 is 10.1 Å². The Morgan fingerprint density at radius 1 is 1.09 bits per heavy atom.